The Balaban J connectivity index is 0.768. The Bertz CT molecular complexity index is 2710. The molecule has 16 nitrogen and oxygen atoms in total. The molecular weight excluding hydrogens is 922 g/mol. The minimum Gasteiger partial charge on any atom is -0.480 e. The molecule has 0 bridgehead atoms. The number of aliphatic carboxylic acids is 1. The normalized spacial score (nSPS) is 28.5. The van der Waals surface area contributed by atoms with E-state index in [9.17, 15) is 34.5 Å². The number of hydrogen-bond donors (Lipinski definition) is 7. The monoisotopic (exact) mass is 981 g/mol. The van der Waals surface area contributed by atoms with E-state index in [0.29, 0.717) is 76.9 Å². The molecule has 0 radical (unpaired) electrons. The van der Waals surface area contributed by atoms with Crippen LogP contribution in [0.3, 0.4) is 0 Å². The third-order valence-corrected chi connectivity index (χ3v) is 17.3. The molecule has 9 atom stereocenters. The van der Waals surface area contributed by atoms with Gasteiger partial charge >= 0.3 is 5.97 Å². The molecule has 2 aromatic carbocycles. The quantitative estimate of drug-likeness (QED) is 0.0514. The lowest BCUT2D eigenvalue weighted by atomic mass is 9.45. The highest BCUT2D eigenvalue weighted by molar-refractivity contribution is 7.98. The van der Waals surface area contributed by atoms with Gasteiger partial charge in [0.05, 0.1) is 24.5 Å². The summed E-state index contributed by atoms with van der Waals surface area (Å²) in [7, 11) is 1.86. The SMILES string of the molecule is C[C@@H]1C[C@H]2C3CC=C4CC(=O)C=C[C@]4(C)[C@@]3(F)[C@@H](O)C[C@]2(C)[C@@]1(O)C(=O)NCCSCc1cccc(CSCC[C@H](NC(=O)c2ccc(N(C)Cc3cnc4nc(N)nc(N)c4n3)cc2)C(=O)O)c1. The van der Waals surface area contributed by atoms with E-state index >= 15 is 4.39 Å². The van der Waals surface area contributed by atoms with Gasteiger partial charge in [-0.15, -0.1) is 0 Å². The van der Waals surface area contributed by atoms with Gasteiger partial charge in [0, 0.05) is 65.3 Å². The third-order valence-electron chi connectivity index (χ3n) is 15.2. The van der Waals surface area contributed by atoms with Gasteiger partial charge in [0.15, 0.2) is 34.0 Å². The number of amides is 2. The Kier molecular flexibility index (Phi) is 14.2. The van der Waals surface area contributed by atoms with Gasteiger partial charge < -0.3 is 42.3 Å². The van der Waals surface area contributed by atoms with Gasteiger partial charge in [-0.3, -0.25) is 14.4 Å². The lowest BCUT2D eigenvalue weighted by molar-refractivity contribution is -0.215. The smallest absolute Gasteiger partial charge is 0.326 e. The van der Waals surface area contributed by atoms with Crippen LogP contribution in [0.2, 0.25) is 0 Å². The average molecular weight is 982 g/mol. The number of aromatic nitrogens is 4. The van der Waals surface area contributed by atoms with Crippen molar-refractivity contribution in [1.82, 2.24) is 30.6 Å². The van der Waals surface area contributed by atoms with Gasteiger partial charge in [-0.2, -0.15) is 33.5 Å². The molecule has 366 valence electrons. The Morgan fingerprint density at radius 2 is 1.72 bits per heavy atom. The topological polar surface area (TPSA) is 260 Å². The molecule has 4 aliphatic rings. The molecule has 0 spiro atoms. The number of nitrogens with one attached hydrogen (secondary N) is 2. The highest BCUT2D eigenvalue weighted by Crippen LogP contribution is 2.70. The summed E-state index contributed by atoms with van der Waals surface area (Å²) in [6, 6.07) is 13.8. The molecule has 1 unspecified atom stereocenters. The average Bonchev–Trinajstić information content (AvgIpc) is 3.51. The van der Waals surface area contributed by atoms with E-state index in [4.69, 9.17) is 11.5 Å². The maximum atomic E-state index is 17.5. The van der Waals surface area contributed by atoms with E-state index in [-0.39, 0.29) is 42.7 Å². The van der Waals surface area contributed by atoms with E-state index in [1.54, 1.807) is 67.0 Å². The van der Waals surface area contributed by atoms with Crippen molar-refractivity contribution in [2.45, 2.75) is 94.3 Å². The number of fused-ring (bicyclic) bond motifs is 6. The Morgan fingerprint density at radius 3 is 2.43 bits per heavy atom. The van der Waals surface area contributed by atoms with Crippen LogP contribution in [0.5, 0.6) is 0 Å². The Labute approximate surface area is 408 Å². The van der Waals surface area contributed by atoms with Crippen molar-refractivity contribution < 1.29 is 38.9 Å². The van der Waals surface area contributed by atoms with Crippen LogP contribution in [0.15, 0.2) is 78.5 Å². The van der Waals surface area contributed by atoms with Crippen molar-refractivity contribution in [2.24, 2.45) is 28.6 Å². The maximum Gasteiger partial charge on any atom is 0.326 e. The molecule has 69 heavy (non-hydrogen) atoms. The third kappa shape index (κ3) is 9.30. The first-order chi connectivity index (χ1) is 32.8. The summed E-state index contributed by atoms with van der Waals surface area (Å²) in [6.07, 6.45) is 6.18. The number of carboxylic acid groups (broad SMARTS) is 1. The van der Waals surface area contributed by atoms with Crippen LogP contribution in [-0.4, -0.2) is 107 Å². The number of anilines is 3. The minimum absolute atomic E-state index is 0.0147. The van der Waals surface area contributed by atoms with Crippen LogP contribution >= 0.6 is 23.5 Å². The zero-order chi connectivity index (χ0) is 49.5. The number of aliphatic hydroxyl groups is 2. The fourth-order valence-electron chi connectivity index (χ4n) is 11.5. The number of benzene rings is 2. The molecule has 0 aliphatic heterocycles. The molecule has 2 aromatic heterocycles. The first kappa shape index (κ1) is 49.8. The number of carbonyl (C=O) groups excluding carboxylic acids is 3. The largest absolute Gasteiger partial charge is 0.480 e. The summed E-state index contributed by atoms with van der Waals surface area (Å²) in [6.45, 7) is 6.11. The van der Waals surface area contributed by atoms with Gasteiger partial charge in [-0.1, -0.05) is 55.8 Å². The highest BCUT2D eigenvalue weighted by Gasteiger charge is 2.75. The van der Waals surface area contributed by atoms with Gasteiger partial charge in [0.1, 0.15) is 6.04 Å². The number of allylic oxidation sites excluding steroid dienone is 4. The number of hydrogen-bond acceptors (Lipinski definition) is 15. The molecule has 19 heteroatoms. The van der Waals surface area contributed by atoms with Crippen LogP contribution in [0, 0.1) is 28.6 Å². The van der Waals surface area contributed by atoms with Crippen LogP contribution in [0.25, 0.3) is 11.2 Å². The summed E-state index contributed by atoms with van der Waals surface area (Å²) >= 11 is 3.21. The molecule has 2 saturated carbocycles. The van der Waals surface area contributed by atoms with E-state index in [1.165, 1.54) is 6.08 Å². The van der Waals surface area contributed by atoms with Crippen molar-refractivity contribution in [2.75, 3.05) is 41.5 Å². The number of carbonyl (C=O) groups is 4. The Hall–Kier alpha value is -5.63. The molecule has 2 heterocycles. The molecule has 9 N–H and O–H groups in total. The maximum absolute atomic E-state index is 17.5. The predicted octanol–water partition coefficient (Wildman–Crippen LogP) is 5.42. The van der Waals surface area contributed by atoms with Crippen LogP contribution in [-0.2, 0) is 32.4 Å². The summed E-state index contributed by atoms with van der Waals surface area (Å²) in [5.74, 6) is -1.08. The van der Waals surface area contributed by atoms with E-state index < -0.39 is 63.9 Å². The second-order valence-corrected chi connectivity index (χ2v) is 21.6. The van der Waals surface area contributed by atoms with Crippen molar-refractivity contribution in [3.8, 4) is 0 Å². The minimum atomic E-state index is -2.03. The number of nitrogens with two attached hydrogens (primary N) is 2. The van der Waals surface area contributed by atoms with Gasteiger partial charge in [-0.25, -0.2) is 19.2 Å². The fourth-order valence-corrected chi connectivity index (χ4v) is 13.2. The van der Waals surface area contributed by atoms with Crippen molar-refractivity contribution >= 4 is 75.7 Å². The summed E-state index contributed by atoms with van der Waals surface area (Å²) in [5, 5.41) is 39.5. The lowest BCUT2D eigenvalue weighted by Gasteiger charge is -2.61. The number of aliphatic hydroxyl groups excluding tert-OH is 1. The van der Waals surface area contributed by atoms with E-state index in [2.05, 4.69) is 36.6 Å². The van der Waals surface area contributed by atoms with Gasteiger partial charge in [0.2, 0.25) is 5.95 Å². The van der Waals surface area contributed by atoms with Crippen LogP contribution < -0.4 is 27.0 Å². The number of thioether (sulfide) groups is 2. The summed E-state index contributed by atoms with van der Waals surface area (Å²) in [5.41, 5.74) is 10.8. The number of rotatable bonds is 17. The molecule has 4 aliphatic carbocycles. The first-order valence-electron chi connectivity index (χ1n) is 23.2. The molecule has 4 aromatic rings. The predicted molar refractivity (Wildman–Crippen MR) is 266 cm³/mol. The summed E-state index contributed by atoms with van der Waals surface area (Å²) < 4.78 is 17.5. The van der Waals surface area contributed by atoms with Crippen LogP contribution in [0.1, 0.15) is 80.1 Å². The van der Waals surface area contributed by atoms with Gasteiger partial charge in [-0.05, 0) is 91.7 Å². The fraction of sp³-hybridized carbons (Fsp3) is 0.480. The number of nitrogen functional groups attached to an aromatic ring is 2. The van der Waals surface area contributed by atoms with E-state index in [1.807, 2.05) is 50.1 Å². The number of ketones is 1. The van der Waals surface area contributed by atoms with Crippen molar-refractivity contribution in [3.63, 3.8) is 0 Å². The number of nitrogens with zero attached hydrogens (tertiary/aromatic N) is 5. The number of carboxylic acids is 1. The first-order valence-corrected chi connectivity index (χ1v) is 25.5. The second kappa shape index (κ2) is 19.6. The molecule has 0 saturated heterocycles. The second-order valence-electron chi connectivity index (χ2n) is 19.4. The van der Waals surface area contributed by atoms with Gasteiger partial charge in [0.25, 0.3) is 11.8 Å². The molecule has 8 rings (SSSR count). The lowest BCUT2D eigenvalue weighted by Crippen LogP contribution is -2.69. The number of halogens is 1. The Morgan fingerprint density at radius 1 is 1.01 bits per heavy atom. The van der Waals surface area contributed by atoms with Crippen LogP contribution in [0.4, 0.5) is 21.8 Å². The van der Waals surface area contributed by atoms with Crippen molar-refractivity contribution in [3.05, 3.63) is 101 Å². The number of alkyl halides is 1. The van der Waals surface area contributed by atoms with E-state index in [0.717, 1.165) is 16.8 Å². The zero-order valence-electron chi connectivity index (χ0n) is 39.2. The molecular formula is C50H60FN9O7S2. The standard InChI is InChI=1S/C50H60FN9O7S2/c1-28-20-37-36-13-10-32-22-35(61)14-16-47(32,2)49(36,51)39(62)23-48(37,3)50(28,67)45(66)54-17-19-69-27-30-7-5-6-29(21-30)26-68-18-15-38(44(64)65)57-43(63)31-8-11-34(12-9-31)60(4)25-33-24-55-42-40(56-33)41(52)58-46(53)59-42/h5-12,14,16,21,24,28,36-39,62,67H,13,15,17-20,22-23,25-27H2,1-4H3,(H,54,66)(H,57,63)(H,64,65)(H4,52,53,55,58,59)/t28-,36?,37+,38+,39+,47+,48+,49+,50+/m1/s1. The zero-order valence-corrected chi connectivity index (χ0v) is 40.8. The summed E-state index contributed by atoms with van der Waals surface area (Å²) in [4.78, 5) is 70.2. The highest BCUT2D eigenvalue weighted by atomic mass is 32.2. The molecule has 2 fully saturated rings. The molecule has 2 amide bonds. The van der Waals surface area contributed by atoms with Crippen molar-refractivity contribution in [1.29, 1.82) is 0 Å².